The van der Waals surface area contributed by atoms with Gasteiger partial charge in [-0.05, 0) is 74.4 Å². The van der Waals surface area contributed by atoms with Crippen molar-refractivity contribution < 1.29 is 23.6 Å². The van der Waals surface area contributed by atoms with E-state index in [2.05, 4.69) is 10.1 Å². The smallest absolute Gasteiger partial charge is 0.319 e. The minimum absolute atomic E-state index is 0.547. The van der Waals surface area contributed by atoms with E-state index >= 15 is 0 Å². The summed E-state index contributed by atoms with van der Waals surface area (Å²) in [5, 5.41) is 13.7. The second-order valence-corrected chi connectivity index (χ2v) is 10.8. The van der Waals surface area contributed by atoms with Crippen molar-refractivity contribution in [1.29, 1.82) is 0 Å². The third-order valence-electron chi connectivity index (χ3n) is 5.83. The molecule has 4 rings (SSSR count). The molecule has 7 nitrogen and oxygen atoms in total. The number of ether oxygens (including phenoxy) is 1. The molecule has 0 unspecified atom stereocenters. The molecule has 0 bridgehead atoms. The lowest BCUT2D eigenvalue weighted by Crippen LogP contribution is -2.26. The molecule has 2 aromatic carbocycles. The van der Waals surface area contributed by atoms with Gasteiger partial charge in [0.05, 0.1) is 26.5 Å². The van der Waals surface area contributed by atoms with Gasteiger partial charge in [0.15, 0.2) is 5.76 Å². The largest absolute Gasteiger partial charge is 0.497 e. The number of furan rings is 1. The van der Waals surface area contributed by atoms with E-state index in [-0.39, 0.29) is 0 Å². The fraction of sp³-hybridized carbons (Fsp3) is 0.286. The van der Waals surface area contributed by atoms with Gasteiger partial charge in [0, 0.05) is 23.1 Å². The van der Waals surface area contributed by atoms with Gasteiger partial charge in [0.25, 0.3) is 0 Å². The lowest BCUT2D eigenvalue weighted by atomic mass is 10.1. The van der Waals surface area contributed by atoms with Crippen LogP contribution in [0.5, 0.6) is 5.75 Å². The molecule has 0 amide bonds. The van der Waals surface area contributed by atoms with Crippen molar-refractivity contribution in [3.63, 3.8) is 0 Å². The number of hydrogen-bond donors (Lipinski definition) is 1. The average Bonchev–Trinajstić information content (AvgIpc) is 3.52. The second kappa shape index (κ2) is 11.1. The molecule has 1 N–H and O–H groups in total. The van der Waals surface area contributed by atoms with Crippen molar-refractivity contribution in [2.24, 2.45) is 0 Å². The van der Waals surface area contributed by atoms with E-state index in [0.29, 0.717) is 19.6 Å². The maximum absolute atomic E-state index is 11.4. The molecule has 2 aromatic heterocycles. The van der Waals surface area contributed by atoms with E-state index in [9.17, 15) is 9.90 Å². The van der Waals surface area contributed by atoms with Crippen LogP contribution in [0, 0.1) is 6.92 Å². The first-order valence-corrected chi connectivity index (χ1v) is 12.4. The van der Waals surface area contributed by atoms with E-state index < -0.39 is 10.7 Å². The van der Waals surface area contributed by atoms with Crippen LogP contribution in [-0.2, 0) is 24.4 Å². The van der Waals surface area contributed by atoms with E-state index in [1.54, 1.807) is 27.2 Å². The molecule has 0 saturated heterocycles. The maximum atomic E-state index is 11.4. The summed E-state index contributed by atoms with van der Waals surface area (Å²) in [7, 11) is 1.65. The summed E-state index contributed by atoms with van der Waals surface area (Å²) in [6.07, 6.45) is 1.67. The van der Waals surface area contributed by atoms with Crippen molar-refractivity contribution in [3.05, 3.63) is 89.6 Å². The van der Waals surface area contributed by atoms with Crippen molar-refractivity contribution in [3.8, 4) is 17.0 Å². The van der Waals surface area contributed by atoms with Crippen molar-refractivity contribution in [2.75, 3.05) is 7.11 Å². The Kier molecular flexibility index (Phi) is 7.86. The highest BCUT2D eigenvalue weighted by Gasteiger charge is 2.28. The molecule has 0 radical (unpaired) electrons. The summed E-state index contributed by atoms with van der Waals surface area (Å²) in [6, 6.07) is 19.7. The van der Waals surface area contributed by atoms with Crippen molar-refractivity contribution in [1.82, 2.24) is 10.1 Å². The number of aliphatic carboxylic acids is 1. The highest BCUT2D eigenvalue weighted by molar-refractivity contribution is 8.01. The minimum atomic E-state index is -0.890. The second-order valence-electron chi connectivity index (χ2n) is 9.15. The third kappa shape index (κ3) is 6.38. The summed E-state index contributed by atoms with van der Waals surface area (Å²) in [5.41, 5.74) is 3.95. The molecular formula is C28H30N2O5S. The average molecular weight is 507 g/mol. The molecule has 8 heteroatoms. The molecule has 36 heavy (non-hydrogen) atoms. The Bertz CT molecular complexity index is 1300. The summed E-state index contributed by atoms with van der Waals surface area (Å²) in [6.45, 7) is 7.25. The van der Waals surface area contributed by atoms with Crippen molar-refractivity contribution >= 4 is 17.7 Å². The molecule has 2 heterocycles. The maximum Gasteiger partial charge on any atom is 0.319 e. The van der Waals surface area contributed by atoms with Gasteiger partial charge in [-0.25, -0.2) is 0 Å². The standard InChI is InChI=1S/C28H30N2O5S/c1-19-14-21(33-4)9-12-25(19)26-15-23(35-29-26)18-30(17-22-6-5-13-34-22)16-20-7-10-24(11-8-20)36-28(2,3)27(31)32/h5-15H,16-18H2,1-4H3,(H,31,32). The number of carboxylic acid groups (broad SMARTS) is 1. The van der Waals surface area contributed by atoms with Gasteiger partial charge in [0.2, 0.25) is 0 Å². The first-order chi connectivity index (χ1) is 17.2. The van der Waals surface area contributed by atoms with Crippen LogP contribution in [0.2, 0.25) is 0 Å². The molecule has 0 aliphatic heterocycles. The summed E-state index contributed by atoms with van der Waals surface area (Å²) in [4.78, 5) is 14.6. The lowest BCUT2D eigenvalue weighted by molar-refractivity contribution is -0.138. The minimum Gasteiger partial charge on any atom is -0.497 e. The number of carbonyl (C=O) groups is 1. The highest BCUT2D eigenvalue weighted by atomic mass is 32.2. The zero-order valence-electron chi connectivity index (χ0n) is 20.9. The molecule has 188 valence electrons. The summed E-state index contributed by atoms with van der Waals surface area (Å²) < 4.78 is 15.7. The number of hydrogen-bond acceptors (Lipinski definition) is 7. The Morgan fingerprint density at radius 3 is 2.44 bits per heavy atom. The molecule has 0 aliphatic carbocycles. The van der Waals surface area contributed by atoms with Gasteiger partial charge in [0.1, 0.15) is 22.0 Å². The quantitative estimate of drug-likeness (QED) is 0.234. The molecule has 0 atom stereocenters. The van der Waals surface area contributed by atoms with Crippen LogP contribution in [-0.4, -0.2) is 33.0 Å². The van der Waals surface area contributed by atoms with Crippen LogP contribution < -0.4 is 4.74 Å². The number of nitrogens with zero attached hydrogens (tertiary/aromatic N) is 2. The van der Waals surface area contributed by atoms with E-state index in [1.165, 1.54) is 11.8 Å². The predicted octanol–water partition coefficient (Wildman–Crippen LogP) is 6.41. The van der Waals surface area contributed by atoms with E-state index in [4.69, 9.17) is 13.7 Å². The number of aryl methyl sites for hydroxylation is 1. The van der Waals surface area contributed by atoms with Gasteiger partial charge < -0.3 is 18.8 Å². The molecule has 0 spiro atoms. The number of thioether (sulfide) groups is 1. The molecule has 0 saturated carbocycles. The van der Waals surface area contributed by atoms with Gasteiger partial charge in [-0.3, -0.25) is 9.69 Å². The van der Waals surface area contributed by atoms with Gasteiger partial charge in [-0.2, -0.15) is 0 Å². The van der Waals surface area contributed by atoms with Crippen LogP contribution in [0.1, 0.15) is 36.5 Å². The van der Waals surface area contributed by atoms with Crippen LogP contribution in [0.4, 0.5) is 0 Å². The molecular weight excluding hydrogens is 476 g/mol. The summed E-state index contributed by atoms with van der Waals surface area (Å²) >= 11 is 1.33. The third-order valence-corrected chi connectivity index (χ3v) is 7.02. The SMILES string of the molecule is COc1ccc(-c2cc(CN(Cc3ccc(SC(C)(C)C(=O)O)cc3)Cc3ccco3)on2)c(C)c1. The number of aromatic nitrogens is 1. The Hall–Kier alpha value is -3.49. The highest BCUT2D eigenvalue weighted by Crippen LogP contribution is 2.33. The fourth-order valence-corrected chi connectivity index (χ4v) is 4.78. The van der Waals surface area contributed by atoms with Crippen LogP contribution >= 0.6 is 11.8 Å². The number of methoxy groups -OCH3 is 1. The van der Waals surface area contributed by atoms with Crippen molar-refractivity contribution in [2.45, 2.75) is 50.0 Å². The topological polar surface area (TPSA) is 88.9 Å². The van der Waals surface area contributed by atoms with Crippen LogP contribution in [0.3, 0.4) is 0 Å². The Balaban J connectivity index is 1.49. The Labute approximate surface area is 215 Å². The van der Waals surface area contributed by atoms with E-state index in [0.717, 1.165) is 44.5 Å². The van der Waals surface area contributed by atoms with E-state index in [1.807, 2.05) is 67.6 Å². The molecule has 0 fully saturated rings. The fourth-order valence-electron chi connectivity index (χ4n) is 3.84. The van der Waals surface area contributed by atoms with Gasteiger partial charge >= 0.3 is 5.97 Å². The Morgan fingerprint density at radius 1 is 1.06 bits per heavy atom. The zero-order valence-corrected chi connectivity index (χ0v) is 21.7. The first kappa shape index (κ1) is 25.6. The predicted molar refractivity (Wildman–Crippen MR) is 139 cm³/mol. The molecule has 0 aliphatic rings. The number of rotatable bonds is 11. The first-order valence-electron chi connectivity index (χ1n) is 11.6. The molecule has 4 aromatic rings. The Morgan fingerprint density at radius 2 is 1.81 bits per heavy atom. The normalized spacial score (nSPS) is 11.7. The monoisotopic (exact) mass is 506 g/mol. The lowest BCUT2D eigenvalue weighted by Gasteiger charge is -2.21. The number of carboxylic acids is 1. The van der Waals surface area contributed by atoms with Gasteiger partial charge in [-0.15, -0.1) is 11.8 Å². The van der Waals surface area contributed by atoms with Gasteiger partial charge in [-0.1, -0.05) is 17.3 Å². The number of benzene rings is 2. The summed E-state index contributed by atoms with van der Waals surface area (Å²) in [5.74, 6) is 1.58. The zero-order chi connectivity index (χ0) is 25.7. The van der Waals surface area contributed by atoms with Crippen LogP contribution in [0.15, 0.2) is 80.8 Å². The van der Waals surface area contributed by atoms with Crippen LogP contribution in [0.25, 0.3) is 11.3 Å².